The van der Waals surface area contributed by atoms with Crippen LogP contribution < -0.4 is 19.6 Å². The van der Waals surface area contributed by atoms with Crippen LogP contribution in [0.25, 0.3) is 164 Å². The molecular formula is C121H82N4O4. The molecule has 129 heavy (non-hydrogen) atoms. The molecule has 0 unspecified atom stereocenters. The second kappa shape index (κ2) is 31.4. The molecule has 0 saturated heterocycles. The first-order valence-electron chi connectivity index (χ1n) is 44.0. The standard InChI is InChI=1S/C62H40N2O2.C59H42N2O2/c1-4-17-42(18-5-1)48-23-12-14-28-56(48)64(45-21-8-3-9-22-45)47-36-38-54-59(40-47)66-62-53-37-33-43(39-55(53)49-24-10-11-26-51(49)60(54)62)41-31-34-46(35-32-41)63(44-19-6-2-7-20-44)57-29-16-27-52-50-25-13-15-30-58(50)65-61(52)57;1-37-33-38(2)57(39(3)34-37)61(43-17-8-5-9-18-43)45-30-32-51-55(36-45)63-59-50-31-27-41(35-52(50)46-19-10-11-21-48(46)56(51)59)40-25-28-44(29-26-40)60(42-15-6-4-7-16-42)53-23-14-22-49-47-20-12-13-24-54(47)62-58(49)53/h1-40H;4-36H,1-3H3. The molecule has 0 spiro atoms. The van der Waals surface area contributed by atoms with Gasteiger partial charge in [-0.3, -0.25) is 0 Å². The summed E-state index contributed by atoms with van der Waals surface area (Å²) in [7, 11) is 0. The maximum Gasteiger partial charge on any atom is 0.159 e. The minimum Gasteiger partial charge on any atom is -0.455 e. The summed E-state index contributed by atoms with van der Waals surface area (Å²) in [6, 6.07) is 158. The fourth-order valence-electron chi connectivity index (χ4n) is 20.0. The summed E-state index contributed by atoms with van der Waals surface area (Å²) < 4.78 is 27.1. The smallest absolute Gasteiger partial charge is 0.159 e. The first-order valence-corrected chi connectivity index (χ1v) is 44.0. The maximum absolute atomic E-state index is 7.03. The molecule has 0 saturated carbocycles. The van der Waals surface area contributed by atoms with Crippen LogP contribution in [-0.4, -0.2) is 0 Å². The largest absolute Gasteiger partial charge is 0.455 e. The molecule has 21 aromatic carbocycles. The highest BCUT2D eigenvalue weighted by atomic mass is 16.3. The lowest BCUT2D eigenvalue weighted by atomic mass is 9.94. The highest BCUT2D eigenvalue weighted by Gasteiger charge is 2.28. The zero-order valence-electron chi connectivity index (χ0n) is 71.1. The summed E-state index contributed by atoms with van der Waals surface area (Å²) in [5, 5.41) is 18.2. The Hall–Kier alpha value is -16.9. The Morgan fingerprint density at radius 3 is 0.930 bits per heavy atom. The van der Waals surface area contributed by atoms with Crippen LogP contribution in [0.5, 0.6) is 0 Å². The Labute approximate surface area is 745 Å². The lowest BCUT2D eigenvalue weighted by Crippen LogP contribution is -2.13. The van der Waals surface area contributed by atoms with Crippen molar-refractivity contribution in [2.45, 2.75) is 20.8 Å². The van der Waals surface area contributed by atoms with E-state index in [0.29, 0.717) is 0 Å². The van der Waals surface area contributed by atoms with Crippen LogP contribution in [0.2, 0.25) is 0 Å². The molecule has 0 N–H and O–H groups in total. The summed E-state index contributed by atoms with van der Waals surface area (Å²) in [5.41, 5.74) is 30.3. The van der Waals surface area contributed by atoms with Crippen molar-refractivity contribution < 1.29 is 17.7 Å². The van der Waals surface area contributed by atoms with Gasteiger partial charge < -0.3 is 37.3 Å². The van der Waals surface area contributed by atoms with Gasteiger partial charge in [-0.1, -0.05) is 285 Å². The van der Waals surface area contributed by atoms with E-state index < -0.39 is 0 Å². The molecule has 8 heteroatoms. The highest BCUT2D eigenvalue weighted by Crippen LogP contribution is 2.52. The van der Waals surface area contributed by atoms with Crippen molar-refractivity contribution >= 4 is 199 Å². The van der Waals surface area contributed by atoms with Gasteiger partial charge in [0.25, 0.3) is 0 Å². The van der Waals surface area contributed by atoms with Crippen LogP contribution in [0.1, 0.15) is 16.7 Å². The SMILES string of the molecule is Cc1cc(C)c(N(c2ccccc2)c2ccc3c(c2)oc2c4ccc(-c5ccc(N(c6ccccc6)c6cccc7c6oc6ccccc67)cc5)cc4c4ccccc4c32)c(C)c1.c1ccc(-c2ccccc2N(c2ccccc2)c2ccc3c(c2)oc2c4ccc(-c5ccc(N(c6ccccc6)c6cccc7c6oc6ccccc67)cc5)cc4c4ccccc4c32)cc1. The number of para-hydroxylation sites is 9. The van der Waals surface area contributed by atoms with Crippen molar-refractivity contribution in [3.63, 3.8) is 0 Å². The number of fused-ring (bicyclic) bond motifs is 22. The van der Waals surface area contributed by atoms with E-state index in [1.54, 1.807) is 0 Å². The van der Waals surface area contributed by atoms with E-state index in [2.05, 4.69) is 459 Å². The number of benzene rings is 21. The van der Waals surface area contributed by atoms with Crippen molar-refractivity contribution in [1.29, 1.82) is 0 Å². The second-order valence-corrected chi connectivity index (χ2v) is 33.5. The molecule has 25 aromatic rings. The normalized spacial score (nSPS) is 11.7. The quantitative estimate of drug-likeness (QED) is 0.0941. The molecule has 8 nitrogen and oxygen atoms in total. The third-order valence-corrected chi connectivity index (χ3v) is 25.7. The fraction of sp³-hybridized carbons (Fsp3) is 0.0248. The molecule has 0 bridgehead atoms. The van der Waals surface area contributed by atoms with Crippen molar-refractivity contribution in [3.8, 4) is 33.4 Å². The molecule has 0 aliphatic carbocycles. The van der Waals surface area contributed by atoms with Crippen LogP contribution in [0.4, 0.5) is 68.2 Å². The van der Waals surface area contributed by atoms with Crippen LogP contribution in [0, 0.1) is 20.8 Å². The average molecular weight is 1660 g/mol. The molecule has 0 atom stereocenters. The van der Waals surface area contributed by atoms with E-state index in [-0.39, 0.29) is 0 Å². The molecule has 4 aromatic heterocycles. The first kappa shape index (κ1) is 75.8. The van der Waals surface area contributed by atoms with Crippen LogP contribution >= 0.6 is 0 Å². The van der Waals surface area contributed by atoms with Gasteiger partial charge in [0.15, 0.2) is 11.2 Å². The van der Waals surface area contributed by atoms with Crippen LogP contribution in [0.15, 0.2) is 461 Å². The van der Waals surface area contributed by atoms with Gasteiger partial charge in [0.2, 0.25) is 0 Å². The highest BCUT2D eigenvalue weighted by molar-refractivity contribution is 6.32. The first-order chi connectivity index (χ1) is 63.7. The Bertz CT molecular complexity index is 8640. The van der Waals surface area contributed by atoms with Crippen molar-refractivity contribution in [3.05, 3.63) is 460 Å². The average Bonchev–Trinajstić information content (AvgIpc) is 1.59. The zero-order valence-corrected chi connectivity index (χ0v) is 71.1. The van der Waals surface area contributed by atoms with Gasteiger partial charge in [-0.2, -0.15) is 0 Å². The molecule has 0 fully saturated rings. The lowest BCUT2D eigenvalue weighted by molar-refractivity contribution is 0.668. The number of hydrogen-bond acceptors (Lipinski definition) is 8. The number of rotatable bonds is 15. The topological polar surface area (TPSA) is 65.5 Å². The summed E-state index contributed by atoms with van der Waals surface area (Å²) in [6.07, 6.45) is 0. The fourth-order valence-corrected chi connectivity index (χ4v) is 20.0. The molecule has 0 aliphatic heterocycles. The van der Waals surface area contributed by atoms with E-state index in [4.69, 9.17) is 17.7 Å². The Balaban J connectivity index is 0.000000143. The predicted molar refractivity (Wildman–Crippen MR) is 541 cm³/mol. The van der Waals surface area contributed by atoms with Crippen LogP contribution in [-0.2, 0) is 0 Å². The number of hydrogen-bond donors (Lipinski definition) is 0. The van der Waals surface area contributed by atoms with Crippen molar-refractivity contribution in [1.82, 2.24) is 0 Å². The third-order valence-electron chi connectivity index (χ3n) is 25.7. The number of anilines is 12. The van der Waals surface area contributed by atoms with Crippen molar-refractivity contribution in [2.24, 2.45) is 0 Å². The zero-order chi connectivity index (χ0) is 85.7. The van der Waals surface area contributed by atoms with Gasteiger partial charge in [0, 0.05) is 117 Å². The molecule has 610 valence electrons. The molecule has 25 rings (SSSR count). The molecule has 0 aliphatic rings. The van der Waals surface area contributed by atoms with E-state index in [9.17, 15) is 0 Å². The van der Waals surface area contributed by atoms with E-state index in [0.717, 1.165) is 200 Å². The van der Waals surface area contributed by atoms with Crippen molar-refractivity contribution in [2.75, 3.05) is 19.6 Å². The Morgan fingerprint density at radius 2 is 0.481 bits per heavy atom. The maximum atomic E-state index is 7.03. The monoisotopic (exact) mass is 1650 g/mol. The van der Waals surface area contributed by atoms with E-state index in [1.807, 2.05) is 24.3 Å². The van der Waals surface area contributed by atoms with Gasteiger partial charge in [-0.05, 0) is 244 Å². The van der Waals surface area contributed by atoms with Gasteiger partial charge in [-0.15, -0.1) is 0 Å². The summed E-state index contributed by atoms with van der Waals surface area (Å²) in [6.45, 7) is 6.57. The molecule has 0 amide bonds. The predicted octanol–water partition coefficient (Wildman–Crippen LogP) is 35.4. The minimum absolute atomic E-state index is 0.847. The summed E-state index contributed by atoms with van der Waals surface area (Å²) in [4.78, 5) is 9.27. The van der Waals surface area contributed by atoms with E-state index in [1.165, 1.54) is 49.3 Å². The molecular weight excluding hydrogens is 1570 g/mol. The number of nitrogens with zero attached hydrogens (tertiary/aromatic N) is 4. The Morgan fingerprint density at radius 1 is 0.171 bits per heavy atom. The summed E-state index contributed by atoms with van der Waals surface area (Å²) >= 11 is 0. The number of aryl methyl sites for hydroxylation is 3. The van der Waals surface area contributed by atoms with Gasteiger partial charge >= 0.3 is 0 Å². The Kier molecular flexibility index (Phi) is 18.4. The van der Waals surface area contributed by atoms with Gasteiger partial charge in [-0.25, -0.2) is 0 Å². The second-order valence-electron chi connectivity index (χ2n) is 33.5. The minimum atomic E-state index is 0.847. The van der Waals surface area contributed by atoms with Gasteiger partial charge in [0.1, 0.15) is 33.5 Å². The third kappa shape index (κ3) is 13.1. The molecule has 4 heterocycles. The van der Waals surface area contributed by atoms with Crippen LogP contribution in [0.3, 0.4) is 0 Å². The van der Waals surface area contributed by atoms with Gasteiger partial charge in [0.05, 0.1) is 22.7 Å². The summed E-state index contributed by atoms with van der Waals surface area (Å²) in [5.74, 6) is 0. The number of furan rings is 4. The lowest BCUT2D eigenvalue weighted by Gasteiger charge is -2.29. The van der Waals surface area contributed by atoms with E-state index >= 15 is 0 Å². The molecule has 0 radical (unpaired) electrons.